The molecule has 0 aromatic rings. The van der Waals surface area contributed by atoms with Gasteiger partial charge in [-0.25, -0.2) is 0 Å². The van der Waals surface area contributed by atoms with E-state index in [1.807, 2.05) is 20.1 Å². The van der Waals surface area contributed by atoms with Crippen LogP contribution >= 0.6 is 11.8 Å². The molecule has 4 unspecified atom stereocenters. The number of rotatable bonds is 6. The van der Waals surface area contributed by atoms with Crippen LogP contribution in [0.2, 0.25) is 0 Å². The Morgan fingerprint density at radius 2 is 1.95 bits per heavy atom. The number of carboxylic acids is 1. The van der Waals surface area contributed by atoms with Gasteiger partial charge in [0, 0.05) is 13.1 Å². The molecular formula is C14H25NO3S. The van der Waals surface area contributed by atoms with Gasteiger partial charge in [0.25, 0.3) is 0 Å². The summed E-state index contributed by atoms with van der Waals surface area (Å²) in [5.74, 6) is -0.322. The molecule has 110 valence electrons. The molecule has 0 aliphatic heterocycles. The average Bonchev–Trinajstić information content (AvgIpc) is 2.76. The summed E-state index contributed by atoms with van der Waals surface area (Å²) < 4.78 is 0. The van der Waals surface area contributed by atoms with E-state index in [1.165, 1.54) is 0 Å². The Morgan fingerprint density at radius 1 is 1.37 bits per heavy atom. The lowest BCUT2D eigenvalue weighted by molar-refractivity contribution is -0.149. The van der Waals surface area contributed by atoms with Crippen LogP contribution in [0.5, 0.6) is 0 Å². The molecular weight excluding hydrogens is 262 g/mol. The highest BCUT2D eigenvalue weighted by Crippen LogP contribution is 2.37. The van der Waals surface area contributed by atoms with Crippen molar-refractivity contribution in [1.29, 1.82) is 0 Å². The minimum Gasteiger partial charge on any atom is -0.481 e. The molecule has 0 spiro atoms. The second-order valence-electron chi connectivity index (χ2n) is 5.71. The van der Waals surface area contributed by atoms with Gasteiger partial charge in [-0.3, -0.25) is 9.59 Å². The normalized spacial score (nSPS) is 28.1. The highest BCUT2D eigenvalue weighted by molar-refractivity contribution is 7.98. The highest BCUT2D eigenvalue weighted by Gasteiger charge is 2.42. The van der Waals surface area contributed by atoms with Gasteiger partial charge in [0.2, 0.25) is 5.91 Å². The molecule has 0 saturated heterocycles. The van der Waals surface area contributed by atoms with Crippen LogP contribution in [0.4, 0.5) is 0 Å². The number of carboxylic acid groups (broad SMARTS) is 1. The van der Waals surface area contributed by atoms with Gasteiger partial charge >= 0.3 is 5.97 Å². The summed E-state index contributed by atoms with van der Waals surface area (Å²) in [5, 5.41) is 9.24. The number of carbonyl (C=O) groups is 2. The van der Waals surface area contributed by atoms with Crippen LogP contribution in [-0.2, 0) is 9.59 Å². The maximum atomic E-state index is 12.5. The quantitative estimate of drug-likeness (QED) is 0.814. The lowest BCUT2D eigenvalue weighted by atomic mass is 9.94. The Morgan fingerprint density at radius 3 is 2.47 bits per heavy atom. The number of thioether (sulfide) groups is 1. The van der Waals surface area contributed by atoms with E-state index < -0.39 is 11.9 Å². The smallest absolute Gasteiger partial charge is 0.307 e. The van der Waals surface area contributed by atoms with Gasteiger partial charge in [-0.15, -0.1) is 0 Å². The molecule has 0 aromatic heterocycles. The van der Waals surface area contributed by atoms with Crippen LogP contribution in [-0.4, -0.2) is 47.0 Å². The molecule has 1 amide bonds. The summed E-state index contributed by atoms with van der Waals surface area (Å²) in [6.07, 6.45) is 4.32. The molecule has 0 bridgehead atoms. The summed E-state index contributed by atoms with van der Waals surface area (Å²) in [6.45, 7) is 4.06. The molecule has 1 rings (SSSR count). The third-order valence-electron chi connectivity index (χ3n) is 4.18. The van der Waals surface area contributed by atoms with Crippen LogP contribution in [0.1, 0.15) is 33.1 Å². The summed E-state index contributed by atoms with van der Waals surface area (Å²) in [5.41, 5.74) is 0. The minimum atomic E-state index is -0.826. The fraction of sp³-hybridized carbons (Fsp3) is 0.857. The lowest BCUT2D eigenvalue weighted by Crippen LogP contribution is -2.41. The highest BCUT2D eigenvalue weighted by atomic mass is 32.2. The summed E-state index contributed by atoms with van der Waals surface area (Å²) in [6, 6.07) is 0.172. The largest absolute Gasteiger partial charge is 0.481 e. The van der Waals surface area contributed by atoms with Crippen LogP contribution in [0, 0.1) is 17.8 Å². The van der Waals surface area contributed by atoms with Crippen molar-refractivity contribution in [2.24, 2.45) is 17.8 Å². The van der Waals surface area contributed by atoms with Crippen LogP contribution in [0.3, 0.4) is 0 Å². The second-order valence-corrected chi connectivity index (χ2v) is 6.69. The van der Waals surface area contributed by atoms with E-state index in [9.17, 15) is 14.7 Å². The molecule has 4 atom stereocenters. The fourth-order valence-corrected chi connectivity index (χ4v) is 3.38. The first kappa shape index (κ1) is 16.3. The van der Waals surface area contributed by atoms with Gasteiger partial charge in [0.1, 0.15) is 0 Å². The predicted octanol–water partition coefficient (Wildman–Crippen LogP) is 2.33. The van der Waals surface area contributed by atoms with Gasteiger partial charge in [0.05, 0.1) is 11.8 Å². The van der Waals surface area contributed by atoms with Gasteiger partial charge in [-0.2, -0.15) is 11.8 Å². The molecule has 19 heavy (non-hydrogen) atoms. The molecule has 4 nitrogen and oxygen atoms in total. The first-order valence-corrected chi connectivity index (χ1v) is 8.26. The van der Waals surface area contributed by atoms with Crippen LogP contribution < -0.4 is 0 Å². The van der Waals surface area contributed by atoms with Crippen molar-refractivity contribution in [2.75, 3.05) is 19.1 Å². The standard InChI is InChI=1S/C14H25NO3S/c1-9-7-11(12(8-9)14(17)18)13(16)15(3)10(2)5-6-19-4/h9-12H,5-8H2,1-4H3,(H,17,18). The first-order valence-electron chi connectivity index (χ1n) is 6.86. The van der Waals surface area contributed by atoms with E-state index >= 15 is 0 Å². The van der Waals surface area contributed by atoms with Crippen molar-refractivity contribution < 1.29 is 14.7 Å². The maximum absolute atomic E-state index is 12.5. The van der Waals surface area contributed by atoms with Crippen molar-refractivity contribution in [2.45, 2.75) is 39.2 Å². The lowest BCUT2D eigenvalue weighted by Gasteiger charge is -2.29. The van der Waals surface area contributed by atoms with Gasteiger partial charge < -0.3 is 10.0 Å². The molecule has 1 aliphatic rings. The Balaban J connectivity index is 2.67. The third kappa shape index (κ3) is 4.13. The van der Waals surface area contributed by atoms with E-state index in [1.54, 1.807) is 23.7 Å². The second kappa shape index (κ2) is 7.17. The fourth-order valence-electron chi connectivity index (χ4n) is 2.80. The maximum Gasteiger partial charge on any atom is 0.307 e. The Labute approximate surface area is 119 Å². The molecule has 0 heterocycles. The molecule has 1 N–H and O–H groups in total. The van der Waals surface area contributed by atoms with Gasteiger partial charge in [-0.05, 0) is 44.1 Å². The summed E-state index contributed by atoms with van der Waals surface area (Å²) in [7, 11) is 1.80. The van der Waals surface area contributed by atoms with Crippen molar-refractivity contribution in [3.05, 3.63) is 0 Å². The van der Waals surface area contributed by atoms with E-state index in [-0.39, 0.29) is 17.9 Å². The number of amides is 1. The molecule has 5 heteroatoms. The SMILES string of the molecule is CSCCC(C)N(C)C(=O)C1CC(C)CC1C(=O)O. The molecule has 0 aromatic carbocycles. The summed E-state index contributed by atoms with van der Waals surface area (Å²) in [4.78, 5) is 25.5. The van der Waals surface area contributed by atoms with Crippen molar-refractivity contribution in [3.63, 3.8) is 0 Å². The van der Waals surface area contributed by atoms with Crippen molar-refractivity contribution >= 4 is 23.6 Å². The Bertz CT molecular complexity index is 335. The zero-order valence-electron chi connectivity index (χ0n) is 12.3. The van der Waals surface area contributed by atoms with Crippen molar-refractivity contribution in [1.82, 2.24) is 4.90 Å². The topological polar surface area (TPSA) is 57.6 Å². The number of hydrogen-bond acceptors (Lipinski definition) is 3. The average molecular weight is 287 g/mol. The zero-order chi connectivity index (χ0) is 14.6. The van der Waals surface area contributed by atoms with E-state index in [0.717, 1.165) is 12.2 Å². The third-order valence-corrected chi connectivity index (χ3v) is 4.83. The van der Waals surface area contributed by atoms with Crippen LogP contribution in [0.25, 0.3) is 0 Å². The number of nitrogens with zero attached hydrogens (tertiary/aromatic N) is 1. The molecule has 1 saturated carbocycles. The monoisotopic (exact) mass is 287 g/mol. The number of hydrogen-bond donors (Lipinski definition) is 1. The van der Waals surface area contributed by atoms with Crippen molar-refractivity contribution in [3.8, 4) is 0 Å². The van der Waals surface area contributed by atoms with Gasteiger partial charge in [-0.1, -0.05) is 6.92 Å². The number of aliphatic carboxylic acids is 1. The van der Waals surface area contributed by atoms with E-state index in [4.69, 9.17) is 0 Å². The van der Waals surface area contributed by atoms with E-state index in [0.29, 0.717) is 18.8 Å². The van der Waals surface area contributed by atoms with Crippen LogP contribution in [0.15, 0.2) is 0 Å². The van der Waals surface area contributed by atoms with Gasteiger partial charge in [0.15, 0.2) is 0 Å². The first-order chi connectivity index (χ1) is 8.88. The zero-order valence-corrected chi connectivity index (χ0v) is 13.1. The molecule has 1 fully saturated rings. The molecule has 0 radical (unpaired) electrons. The Hall–Kier alpha value is -0.710. The minimum absolute atomic E-state index is 0.00496. The van der Waals surface area contributed by atoms with E-state index in [2.05, 4.69) is 0 Å². The number of carbonyl (C=O) groups excluding carboxylic acids is 1. The Kier molecular flexibility index (Phi) is 6.17. The molecule has 1 aliphatic carbocycles. The predicted molar refractivity (Wildman–Crippen MR) is 78.2 cm³/mol. The summed E-state index contributed by atoms with van der Waals surface area (Å²) >= 11 is 1.77.